The maximum Gasteiger partial charge on any atom is 0.240 e. The van der Waals surface area contributed by atoms with Gasteiger partial charge in [-0.15, -0.1) is 0 Å². The Bertz CT molecular complexity index is 742. The molecule has 0 amide bonds. The molecule has 0 atom stereocenters. The Balaban J connectivity index is 2.29. The standard InChI is InChI=1S/C15H18N2O3S/c1-3-11-5-4-6-12(9-11)20-15-8-7-13(10-14(15)16)21(18,19)17-2/h4-10,17H,3,16H2,1-2H3. The van der Waals surface area contributed by atoms with Crippen molar-refractivity contribution >= 4 is 15.7 Å². The van der Waals surface area contributed by atoms with Crippen LogP contribution in [-0.2, 0) is 16.4 Å². The number of nitrogens with one attached hydrogen (secondary N) is 1. The van der Waals surface area contributed by atoms with Crippen molar-refractivity contribution in [3.8, 4) is 11.5 Å². The lowest BCUT2D eigenvalue weighted by atomic mass is 10.2. The van der Waals surface area contributed by atoms with E-state index in [1.54, 1.807) is 6.07 Å². The summed E-state index contributed by atoms with van der Waals surface area (Å²) in [7, 11) is -2.15. The zero-order chi connectivity index (χ0) is 15.5. The highest BCUT2D eigenvalue weighted by molar-refractivity contribution is 7.89. The van der Waals surface area contributed by atoms with Crippen LogP contribution in [0.1, 0.15) is 12.5 Å². The van der Waals surface area contributed by atoms with Crippen molar-refractivity contribution in [2.24, 2.45) is 0 Å². The number of nitrogen functional groups attached to an aromatic ring is 1. The van der Waals surface area contributed by atoms with Gasteiger partial charge in [0.05, 0.1) is 10.6 Å². The van der Waals surface area contributed by atoms with Gasteiger partial charge in [-0.1, -0.05) is 19.1 Å². The lowest BCUT2D eigenvalue weighted by Crippen LogP contribution is -2.18. The normalized spacial score (nSPS) is 11.3. The number of aryl methyl sites for hydroxylation is 1. The molecule has 3 N–H and O–H groups in total. The van der Waals surface area contributed by atoms with Gasteiger partial charge in [-0.2, -0.15) is 0 Å². The number of sulfonamides is 1. The van der Waals surface area contributed by atoms with Crippen molar-refractivity contribution in [1.82, 2.24) is 4.72 Å². The van der Waals surface area contributed by atoms with Gasteiger partial charge in [0.1, 0.15) is 11.5 Å². The monoisotopic (exact) mass is 306 g/mol. The first-order chi connectivity index (χ1) is 9.96. The Morgan fingerprint density at radius 3 is 2.57 bits per heavy atom. The average molecular weight is 306 g/mol. The molecule has 21 heavy (non-hydrogen) atoms. The largest absolute Gasteiger partial charge is 0.455 e. The van der Waals surface area contributed by atoms with E-state index in [-0.39, 0.29) is 10.6 Å². The first kappa shape index (κ1) is 15.3. The molecule has 0 heterocycles. The molecule has 6 heteroatoms. The lowest BCUT2D eigenvalue weighted by molar-refractivity contribution is 0.484. The Morgan fingerprint density at radius 2 is 1.95 bits per heavy atom. The van der Waals surface area contributed by atoms with E-state index in [2.05, 4.69) is 11.6 Å². The second-order valence-corrected chi connectivity index (χ2v) is 6.40. The van der Waals surface area contributed by atoms with Gasteiger partial charge in [-0.3, -0.25) is 0 Å². The molecule has 0 bridgehead atoms. The van der Waals surface area contributed by atoms with Gasteiger partial charge in [0, 0.05) is 0 Å². The topological polar surface area (TPSA) is 81.4 Å². The van der Waals surface area contributed by atoms with Crippen molar-refractivity contribution in [2.45, 2.75) is 18.2 Å². The van der Waals surface area contributed by atoms with Gasteiger partial charge in [-0.25, -0.2) is 13.1 Å². The van der Waals surface area contributed by atoms with E-state index >= 15 is 0 Å². The summed E-state index contributed by atoms with van der Waals surface area (Å²) in [6, 6.07) is 12.1. The summed E-state index contributed by atoms with van der Waals surface area (Å²) in [5.41, 5.74) is 7.30. The van der Waals surface area contributed by atoms with Crippen LogP contribution in [0.5, 0.6) is 11.5 Å². The molecule has 0 aliphatic carbocycles. The van der Waals surface area contributed by atoms with Gasteiger partial charge < -0.3 is 10.5 Å². The van der Waals surface area contributed by atoms with E-state index in [0.29, 0.717) is 11.5 Å². The average Bonchev–Trinajstić information content (AvgIpc) is 2.49. The molecule has 0 unspecified atom stereocenters. The number of rotatable bonds is 5. The first-order valence-corrected chi connectivity index (χ1v) is 8.04. The summed E-state index contributed by atoms with van der Waals surface area (Å²) in [6.07, 6.45) is 0.909. The molecular formula is C15H18N2O3S. The quantitative estimate of drug-likeness (QED) is 0.832. The van der Waals surface area contributed by atoms with E-state index in [1.165, 1.54) is 19.2 Å². The van der Waals surface area contributed by atoms with Crippen LogP contribution in [0.4, 0.5) is 5.69 Å². The molecule has 2 rings (SSSR count). The minimum absolute atomic E-state index is 0.108. The molecule has 0 aliphatic rings. The highest BCUT2D eigenvalue weighted by atomic mass is 32.2. The number of ether oxygens (including phenoxy) is 1. The second kappa shape index (κ2) is 6.15. The lowest BCUT2D eigenvalue weighted by Gasteiger charge is -2.11. The van der Waals surface area contributed by atoms with Crippen LogP contribution in [0.3, 0.4) is 0 Å². The zero-order valence-corrected chi connectivity index (χ0v) is 12.8. The van der Waals surface area contributed by atoms with Crippen molar-refractivity contribution in [1.29, 1.82) is 0 Å². The van der Waals surface area contributed by atoms with E-state index in [4.69, 9.17) is 10.5 Å². The predicted octanol–water partition coefficient (Wildman–Crippen LogP) is 2.53. The van der Waals surface area contributed by atoms with Crippen LogP contribution in [0, 0.1) is 0 Å². The number of hydrogen-bond acceptors (Lipinski definition) is 4. The highest BCUT2D eigenvalue weighted by Crippen LogP contribution is 2.29. The first-order valence-electron chi connectivity index (χ1n) is 6.56. The van der Waals surface area contributed by atoms with Crippen LogP contribution in [0.2, 0.25) is 0 Å². The fourth-order valence-electron chi connectivity index (χ4n) is 1.86. The minimum Gasteiger partial charge on any atom is -0.455 e. The SMILES string of the molecule is CCc1cccc(Oc2ccc(S(=O)(=O)NC)cc2N)c1. The van der Waals surface area contributed by atoms with Gasteiger partial charge >= 0.3 is 0 Å². The molecule has 2 aromatic carbocycles. The van der Waals surface area contributed by atoms with E-state index in [9.17, 15) is 8.42 Å². The summed E-state index contributed by atoms with van der Waals surface area (Å²) >= 11 is 0. The summed E-state index contributed by atoms with van der Waals surface area (Å²) in [4.78, 5) is 0.108. The third-order valence-corrected chi connectivity index (χ3v) is 4.51. The molecule has 0 aromatic heterocycles. The number of nitrogens with two attached hydrogens (primary N) is 1. The molecule has 0 saturated carbocycles. The van der Waals surface area contributed by atoms with E-state index in [1.807, 2.05) is 24.3 Å². The zero-order valence-electron chi connectivity index (χ0n) is 12.0. The predicted molar refractivity (Wildman–Crippen MR) is 83.0 cm³/mol. The van der Waals surface area contributed by atoms with Crippen molar-refractivity contribution < 1.29 is 13.2 Å². The minimum atomic E-state index is -3.51. The van der Waals surface area contributed by atoms with Crippen LogP contribution in [0.15, 0.2) is 47.4 Å². The van der Waals surface area contributed by atoms with Gasteiger partial charge in [-0.05, 0) is 49.4 Å². The maximum atomic E-state index is 11.7. The Morgan fingerprint density at radius 1 is 1.19 bits per heavy atom. The second-order valence-electron chi connectivity index (χ2n) is 4.51. The number of anilines is 1. The van der Waals surface area contributed by atoms with Gasteiger partial charge in [0.25, 0.3) is 0 Å². The molecular weight excluding hydrogens is 288 g/mol. The molecule has 112 valence electrons. The van der Waals surface area contributed by atoms with E-state index < -0.39 is 10.0 Å². The van der Waals surface area contributed by atoms with Gasteiger partial charge in [0.2, 0.25) is 10.0 Å². The van der Waals surface area contributed by atoms with Crippen LogP contribution in [-0.4, -0.2) is 15.5 Å². The fraction of sp³-hybridized carbons (Fsp3) is 0.200. The van der Waals surface area contributed by atoms with Crippen molar-refractivity contribution in [2.75, 3.05) is 12.8 Å². The molecule has 0 spiro atoms. The number of hydrogen-bond donors (Lipinski definition) is 2. The van der Waals surface area contributed by atoms with Gasteiger partial charge in [0.15, 0.2) is 0 Å². The molecule has 0 radical (unpaired) electrons. The Hall–Kier alpha value is -2.05. The van der Waals surface area contributed by atoms with Crippen molar-refractivity contribution in [3.05, 3.63) is 48.0 Å². The maximum absolute atomic E-state index is 11.7. The Kier molecular flexibility index (Phi) is 4.50. The number of benzene rings is 2. The summed E-state index contributed by atoms with van der Waals surface area (Å²) in [5.74, 6) is 1.10. The highest BCUT2D eigenvalue weighted by Gasteiger charge is 2.13. The molecule has 0 saturated heterocycles. The summed E-state index contributed by atoms with van der Waals surface area (Å²) < 4.78 is 31.4. The van der Waals surface area contributed by atoms with Crippen LogP contribution < -0.4 is 15.2 Å². The van der Waals surface area contributed by atoms with Crippen molar-refractivity contribution in [3.63, 3.8) is 0 Å². The van der Waals surface area contributed by atoms with Crippen LogP contribution >= 0.6 is 0 Å². The third kappa shape index (κ3) is 3.53. The van der Waals surface area contributed by atoms with Crippen LogP contribution in [0.25, 0.3) is 0 Å². The van der Waals surface area contributed by atoms with E-state index in [0.717, 1.165) is 12.0 Å². The molecule has 0 aliphatic heterocycles. The fourth-order valence-corrected chi connectivity index (χ4v) is 2.63. The molecule has 0 fully saturated rings. The molecule has 2 aromatic rings. The smallest absolute Gasteiger partial charge is 0.240 e. The molecule has 5 nitrogen and oxygen atoms in total. The third-order valence-electron chi connectivity index (χ3n) is 3.09. The summed E-state index contributed by atoms with van der Waals surface area (Å²) in [5, 5.41) is 0. The summed E-state index contributed by atoms with van der Waals surface area (Å²) in [6.45, 7) is 2.06. The Labute approximate surface area is 124 Å².